The molecular weight excluding hydrogens is 778 g/mol. The van der Waals surface area contributed by atoms with Gasteiger partial charge in [0.15, 0.2) is 0 Å². The van der Waals surface area contributed by atoms with Crippen molar-refractivity contribution >= 4 is 72.3 Å². The van der Waals surface area contributed by atoms with Crippen LogP contribution in [0.25, 0.3) is 0 Å². The summed E-state index contributed by atoms with van der Waals surface area (Å²) < 4.78 is 0. The lowest BCUT2D eigenvalue weighted by Gasteiger charge is -2.23. The van der Waals surface area contributed by atoms with Crippen molar-refractivity contribution in [3.8, 4) is 0 Å². The Morgan fingerprint density at radius 1 is 0.579 bits per heavy atom. The Kier molecular flexibility index (Phi) is 22.2. The van der Waals surface area contributed by atoms with Crippen molar-refractivity contribution < 1.29 is 73.5 Å². The van der Waals surface area contributed by atoms with Gasteiger partial charge in [-0.15, -0.1) is 0 Å². The monoisotopic (exact) mass is 827 g/mol. The summed E-state index contributed by atoms with van der Waals surface area (Å²) in [4.78, 5) is 119. The summed E-state index contributed by atoms with van der Waals surface area (Å²) in [6, 6.07) is -1.18. The minimum Gasteiger partial charge on any atom is -0.481 e. The Balaban J connectivity index is 2.59. The fourth-order valence-electron chi connectivity index (χ4n) is 4.90. The molecule has 0 fully saturated rings. The fraction of sp³-hybridized carbons (Fsp3) is 0.529. The first-order chi connectivity index (χ1) is 26.8. The summed E-state index contributed by atoms with van der Waals surface area (Å²) in [7, 11) is 0. The Labute approximate surface area is 331 Å². The molecule has 0 saturated carbocycles. The van der Waals surface area contributed by atoms with Gasteiger partial charge in [0.25, 0.3) is 0 Å². The minimum absolute atomic E-state index is 0.127. The minimum atomic E-state index is -1.76. The zero-order chi connectivity index (χ0) is 43.1. The molecule has 23 heteroatoms. The molecule has 0 saturated heterocycles. The lowest BCUT2D eigenvalue weighted by Crippen LogP contribution is -2.56. The summed E-state index contributed by atoms with van der Waals surface area (Å²) >= 11 is 3.81. The lowest BCUT2D eigenvalue weighted by atomic mass is 10.1. The van der Waals surface area contributed by atoms with E-state index in [1.807, 2.05) is 0 Å². The van der Waals surface area contributed by atoms with Crippen molar-refractivity contribution in [2.75, 3.05) is 12.3 Å². The maximum absolute atomic E-state index is 13.0. The molecule has 0 unspecified atom stereocenters. The topological polar surface area (TPSA) is 356 Å². The predicted molar refractivity (Wildman–Crippen MR) is 200 cm³/mol. The molecule has 1 rings (SSSR count). The van der Waals surface area contributed by atoms with Crippen LogP contribution in [0.4, 0.5) is 9.59 Å². The van der Waals surface area contributed by atoms with Gasteiger partial charge < -0.3 is 62.8 Å². The highest BCUT2D eigenvalue weighted by atomic mass is 32.1. The molecule has 22 nitrogen and oxygen atoms in total. The molecule has 1 aromatic rings. The van der Waals surface area contributed by atoms with Crippen LogP contribution in [0, 0.1) is 0 Å². The van der Waals surface area contributed by atoms with Gasteiger partial charge in [0.1, 0.15) is 24.2 Å². The van der Waals surface area contributed by atoms with Gasteiger partial charge in [-0.05, 0) is 50.2 Å². The number of unbranched alkanes of at least 4 members (excludes halogenated alkanes) is 1. The molecule has 57 heavy (non-hydrogen) atoms. The van der Waals surface area contributed by atoms with E-state index in [9.17, 15) is 53.1 Å². The number of nitrogens with one attached hydrogen (secondary N) is 7. The molecule has 0 radical (unpaired) electrons. The van der Waals surface area contributed by atoms with Gasteiger partial charge >= 0.3 is 41.9 Å². The molecule has 0 spiro atoms. The van der Waals surface area contributed by atoms with E-state index in [1.165, 1.54) is 0 Å². The molecular formula is C34H49N7O15S. The van der Waals surface area contributed by atoms with E-state index in [0.29, 0.717) is 36.9 Å². The van der Waals surface area contributed by atoms with E-state index in [1.54, 1.807) is 31.2 Å². The van der Waals surface area contributed by atoms with E-state index < -0.39 is 109 Å². The third-order valence-electron chi connectivity index (χ3n) is 7.93. The molecule has 0 bridgehead atoms. The number of rotatable bonds is 27. The SMILES string of the molecule is C[C@H](CCCCNC(=O)NCc1ccc(CC(=O)N[C@@H](CCC(=O)O)C(=O)N[C@@H](CC(=O)O)C(=O)N[C@@H](CS)C(=O)O)cc1)NC(=O)N[C@@H](CCC(=O)O)C(=O)O. The molecule has 5 atom stereocenters. The van der Waals surface area contributed by atoms with Crippen LogP contribution in [0.15, 0.2) is 24.3 Å². The Morgan fingerprint density at radius 2 is 1.12 bits per heavy atom. The largest absolute Gasteiger partial charge is 0.481 e. The van der Waals surface area contributed by atoms with Crippen LogP contribution in [0.5, 0.6) is 0 Å². The van der Waals surface area contributed by atoms with E-state index >= 15 is 0 Å². The van der Waals surface area contributed by atoms with Crippen LogP contribution < -0.4 is 37.2 Å². The predicted octanol–water partition coefficient (Wildman–Crippen LogP) is -0.987. The van der Waals surface area contributed by atoms with Crippen LogP contribution in [-0.2, 0) is 51.3 Å². The number of hydrogen-bond donors (Lipinski definition) is 13. The number of carbonyl (C=O) groups is 10. The number of amides is 7. The highest BCUT2D eigenvalue weighted by Crippen LogP contribution is 2.08. The number of carboxylic acids is 5. The second-order valence-electron chi connectivity index (χ2n) is 12.7. The first-order valence-electron chi connectivity index (χ1n) is 17.6. The van der Waals surface area contributed by atoms with Crippen LogP contribution in [0.3, 0.4) is 0 Å². The third kappa shape index (κ3) is 21.5. The average molecular weight is 828 g/mol. The molecule has 0 heterocycles. The first kappa shape index (κ1) is 48.9. The number of thiol groups is 1. The number of benzene rings is 1. The second kappa shape index (κ2) is 25.9. The maximum atomic E-state index is 13.0. The van der Waals surface area contributed by atoms with E-state index in [2.05, 4.69) is 49.8 Å². The quantitative estimate of drug-likeness (QED) is 0.0374. The van der Waals surface area contributed by atoms with Gasteiger partial charge in [-0.3, -0.25) is 28.8 Å². The molecule has 12 N–H and O–H groups in total. The van der Waals surface area contributed by atoms with E-state index in [0.717, 1.165) is 0 Å². The molecule has 0 aliphatic rings. The van der Waals surface area contributed by atoms with Gasteiger partial charge in [-0.25, -0.2) is 19.2 Å². The van der Waals surface area contributed by atoms with Crippen molar-refractivity contribution in [3.63, 3.8) is 0 Å². The summed E-state index contributed by atoms with van der Waals surface area (Å²) in [5.74, 6) is -10.1. The molecule has 7 amide bonds. The van der Waals surface area contributed by atoms with Crippen LogP contribution in [0.2, 0.25) is 0 Å². The number of aliphatic carboxylic acids is 5. The summed E-state index contributed by atoms with van der Waals surface area (Å²) in [6.07, 6.45) is -1.19. The van der Waals surface area contributed by atoms with Gasteiger partial charge in [0.05, 0.1) is 12.8 Å². The van der Waals surface area contributed by atoms with E-state index in [4.69, 9.17) is 20.4 Å². The van der Waals surface area contributed by atoms with Crippen LogP contribution in [-0.4, -0.2) is 128 Å². The third-order valence-corrected chi connectivity index (χ3v) is 8.29. The van der Waals surface area contributed by atoms with Crippen molar-refractivity contribution in [1.29, 1.82) is 0 Å². The molecule has 0 aromatic heterocycles. The van der Waals surface area contributed by atoms with Crippen LogP contribution >= 0.6 is 12.6 Å². The summed E-state index contributed by atoms with van der Waals surface area (Å²) in [5, 5.41) is 62.2. The zero-order valence-electron chi connectivity index (χ0n) is 30.9. The van der Waals surface area contributed by atoms with Gasteiger partial charge in [-0.2, -0.15) is 12.6 Å². The molecule has 1 aromatic carbocycles. The number of carbonyl (C=O) groups excluding carboxylic acids is 5. The van der Waals surface area contributed by atoms with Crippen molar-refractivity contribution in [1.82, 2.24) is 37.2 Å². The van der Waals surface area contributed by atoms with Crippen molar-refractivity contribution in [2.45, 2.75) is 101 Å². The van der Waals surface area contributed by atoms with E-state index in [-0.39, 0.29) is 31.2 Å². The number of urea groups is 2. The number of carboxylic acid groups (broad SMARTS) is 5. The molecule has 0 aliphatic carbocycles. The van der Waals surface area contributed by atoms with Gasteiger partial charge in [0.2, 0.25) is 17.7 Å². The summed E-state index contributed by atoms with van der Waals surface area (Å²) in [5.41, 5.74) is 1.15. The first-order valence-corrected chi connectivity index (χ1v) is 18.2. The smallest absolute Gasteiger partial charge is 0.327 e. The Hall–Kier alpha value is -6.13. The Morgan fingerprint density at radius 3 is 1.67 bits per heavy atom. The van der Waals surface area contributed by atoms with Gasteiger partial charge in [-0.1, -0.05) is 24.3 Å². The maximum Gasteiger partial charge on any atom is 0.327 e. The Bertz CT molecular complexity index is 1590. The standard InChI is InChI=1S/C34H49N7O15S/c1-18(37-34(56)41-22(31(51)52)10-12-27(45)46)4-2-3-13-35-33(55)36-16-20-7-5-19(6-8-20)14-25(42)38-21(9-11-26(43)44)29(49)39-23(15-28(47)48)30(50)40-24(17-57)32(53)54/h5-8,18,21-24,57H,2-4,9-17H2,1H3,(H,38,42)(H,39,49)(H,40,50)(H,43,44)(H,45,46)(H,47,48)(H,51,52)(H,53,54)(H2,35,36,55)(H2,37,41,56)/t18-,21+,22+,23+,24+/m1/s1. The zero-order valence-corrected chi connectivity index (χ0v) is 31.8. The highest BCUT2D eigenvalue weighted by molar-refractivity contribution is 7.80. The second-order valence-corrected chi connectivity index (χ2v) is 13.1. The number of hydrogen-bond acceptors (Lipinski definition) is 11. The summed E-state index contributed by atoms with van der Waals surface area (Å²) in [6.45, 7) is 2.15. The average Bonchev–Trinajstić information content (AvgIpc) is 3.12. The highest BCUT2D eigenvalue weighted by Gasteiger charge is 2.31. The fourth-order valence-corrected chi connectivity index (χ4v) is 5.15. The van der Waals surface area contributed by atoms with Crippen molar-refractivity contribution in [3.05, 3.63) is 35.4 Å². The normalized spacial score (nSPS) is 13.2. The molecule has 0 aliphatic heterocycles. The van der Waals surface area contributed by atoms with Crippen LogP contribution in [0.1, 0.15) is 69.4 Å². The van der Waals surface area contributed by atoms with Gasteiger partial charge in [0, 0.05) is 37.7 Å². The lowest BCUT2D eigenvalue weighted by molar-refractivity contribution is -0.143. The molecule has 316 valence electrons. The van der Waals surface area contributed by atoms with Crippen molar-refractivity contribution in [2.24, 2.45) is 0 Å².